The number of hydrogen-bond donors (Lipinski definition) is 1. The second-order valence-corrected chi connectivity index (χ2v) is 4.60. The lowest BCUT2D eigenvalue weighted by Gasteiger charge is -2.30. The molecule has 0 amide bonds. The fraction of sp³-hybridized carbons (Fsp3) is 0.467. The van der Waals surface area contributed by atoms with Gasteiger partial charge in [-0.15, -0.1) is 0 Å². The molecule has 3 nitrogen and oxygen atoms in total. The van der Waals surface area contributed by atoms with Crippen LogP contribution in [0, 0.1) is 5.92 Å². The first-order valence-corrected chi connectivity index (χ1v) is 6.30. The predicted molar refractivity (Wildman–Crippen MR) is 70.1 cm³/mol. The minimum atomic E-state index is -0.426. The van der Waals surface area contributed by atoms with Gasteiger partial charge in [0.15, 0.2) is 0 Å². The van der Waals surface area contributed by atoms with Crippen LogP contribution in [0.5, 0.6) is 0 Å². The zero-order valence-corrected chi connectivity index (χ0v) is 10.7. The lowest BCUT2D eigenvalue weighted by atomic mass is 9.91. The quantitative estimate of drug-likeness (QED) is 0.811. The van der Waals surface area contributed by atoms with Crippen molar-refractivity contribution >= 4 is 0 Å². The number of methoxy groups -OCH3 is 1. The lowest BCUT2D eigenvalue weighted by molar-refractivity contribution is -0.0596. The van der Waals surface area contributed by atoms with E-state index in [9.17, 15) is 5.11 Å². The van der Waals surface area contributed by atoms with Crippen molar-refractivity contribution in [3.63, 3.8) is 0 Å². The third-order valence-electron chi connectivity index (χ3n) is 3.26. The van der Waals surface area contributed by atoms with Crippen LogP contribution in [0.15, 0.2) is 42.5 Å². The Morgan fingerprint density at radius 3 is 2.78 bits per heavy atom. The fourth-order valence-electron chi connectivity index (χ4n) is 2.29. The van der Waals surface area contributed by atoms with Crippen molar-refractivity contribution in [3.8, 4) is 0 Å². The summed E-state index contributed by atoms with van der Waals surface area (Å²) in [6, 6.07) is 10.1. The monoisotopic (exact) mass is 248 g/mol. The highest BCUT2D eigenvalue weighted by molar-refractivity contribution is 5.13. The molecule has 1 aromatic rings. The van der Waals surface area contributed by atoms with E-state index < -0.39 is 6.10 Å². The van der Waals surface area contributed by atoms with E-state index in [1.807, 2.05) is 36.4 Å². The molecular weight excluding hydrogens is 228 g/mol. The smallest absolute Gasteiger partial charge is 0.0917 e. The van der Waals surface area contributed by atoms with Gasteiger partial charge in [0.05, 0.1) is 25.4 Å². The van der Waals surface area contributed by atoms with E-state index in [-0.39, 0.29) is 12.0 Å². The van der Waals surface area contributed by atoms with Crippen LogP contribution in [0.1, 0.15) is 12.0 Å². The summed E-state index contributed by atoms with van der Waals surface area (Å²) in [7, 11) is 1.64. The van der Waals surface area contributed by atoms with E-state index in [4.69, 9.17) is 9.47 Å². The van der Waals surface area contributed by atoms with Crippen LogP contribution in [0.2, 0.25) is 0 Å². The van der Waals surface area contributed by atoms with Crippen LogP contribution in [0.25, 0.3) is 0 Å². The zero-order chi connectivity index (χ0) is 12.8. The number of rotatable bonds is 5. The molecule has 0 saturated carbocycles. The van der Waals surface area contributed by atoms with Gasteiger partial charge < -0.3 is 14.6 Å². The summed E-state index contributed by atoms with van der Waals surface area (Å²) < 4.78 is 11.0. The maximum Gasteiger partial charge on any atom is 0.0917 e. The van der Waals surface area contributed by atoms with Gasteiger partial charge in [0.1, 0.15) is 0 Å². The first-order valence-electron chi connectivity index (χ1n) is 6.30. The van der Waals surface area contributed by atoms with E-state index in [1.165, 1.54) is 0 Å². The second-order valence-electron chi connectivity index (χ2n) is 4.60. The van der Waals surface area contributed by atoms with Crippen LogP contribution in [-0.2, 0) is 16.1 Å². The van der Waals surface area contributed by atoms with Crippen LogP contribution < -0.4 is 0 Å². The summed E-state index contributed by atoms with van der Waals surface area (Å²) >= 11 is 0. The van der Waals surface area contributed by atoms with Crippen molar-refractivity contribution in [1.82, 2.24) is 0 Å². The molecule has 0 aliphatic heterocycles. The summed E-state index contributed by atoms with van der Waals surface area (Å²) in [5.41, 5.74) is 1.16. The Morgan fingerprint density at radius 2 is 2.06 bits per heavy atom. The fourth-order valence-corrected chi connectivity index (χ4v) is 2.29. The maximum atomic E-state index is 9.82. The Labute approximate surface area is 108 Å². The van der Waals surface area contributed by atoms with Crippen LogP contribution in [0.4, 0.5) is 0 Å². The molecule has 0 fully saturated rings. The normalized spacial score (nSPS) is 27.3. The highest BCUT2D eigenvalue weighted by Gasteiger charge is 2.28. The highest BCUT2D eigenvalue weighted by Crippen LogP contribution is 2.22. The van der Waals surface area contributed by atoms with Gasteiger partial charge in [-0.3, -0.25) is 0 Å². The molecule has 1 N–H and O–H groups in total. The van der Waals surface area contributed by atoms with Gasteiger partial charge in [-0.2, -0.15) is 0 Å². The Hall–Kier alpha value is -1.16. The molecule has 0 heterocycles. The third kappa shape index (κ3) is 3.42. The van der Waals surface area contributed by atoms with Crippen molar-refractivity contribution in [2.75, 3.05) is 13.7 Å². The van der Waals surface area contributed by atoms with Crippen LogP contribution in [0.3, 0.4) is 0 Å². The van der Waals surface area contributed by atoms with Gasteiger partial charge in [-0.25, -0.2) is 0 Å². The molecule has 0 bridgehead atoms. The second kappa shape index (κ2) is 6.69. The Morgan fingerprint density at radius 1 is 1.28 bits per heavy atom. The first-order chi connectivity index (χ1) is 8.81. The minimum Gasteiger partial charge on any atom is -0.390 e. The summed E-state index contributed by atoms with van der Waals surface area (Å²) in [4.78, 5) is 0. The average molecular weight is 248 g/mol. The molecule has 0 unspecified atom stereocenters. The Balaban J connectivity index is 1.82. The van der Waals surface area contributed by atoms with Crippen molar-refractivity contribution in [2.45, 2.75) is 25.2 Å². The van der Waals surface area contributed by atoms with Crippen molar-refractivity contribution in [1.29, 1.82) is 0 Å². The van der Waals surface area contributed by atoms with E-state index in [0.717, 1.165) is 5.56 Å². The Bertz CT molecular complexity index is 375. The zero-order valence-electron chi connectivity index (χ0n) is 10.7. The van der Waals surface area contributed by atoms with Gasteiger partial charge in [-0.1, -0.05) is 42.5 Å². The molecule has 98 valence electrons. The maximum absolute atomic E-state index is 9.82. The summed E-state index contributed by atoms with van der Waals surface area (Å²) in [6.07, 6.45) is 4.15. The van der Waals surface area contributed by atoms with Gasteiger partial charge in [0.25, 0.3) is 0 Å². The largest absolute Gasteiger partial charge is 0.390 e. The van der Waals surface area contributed by atoms with E-state index >= 15 is 0 Å². The number of aliphatic hydroxyl groups is 1. The van der Waals surface area contributed by atoms with E-state index in [2.05, 4.69) is 6.08 Å². The van der Waals surface area contributed by atoms with Crippen molar-refractivity contribution in [3.05, 3.63) is 48.0 Å². The molecule has 1 aromatic carbocycles. The number of aliphatic hydroxyl groups excluding tert-OH is 1. The number of hydrogen-bond acceptors (Lipinski definition) is 3. The van der Waals surface area contributed by atoms with Gasteiger partial charge in [-0.05, 0) is 12.0 Å². The van der Waals surface area contributed by atoms with Crippen molar-refractivity contribution in [2.24, 2.45) is 5.92 Å². The summed E-state index contributed by atoms with van der Waals surface area (Å²) in [5.74, 6) is 0.127. The molecule has 1 aliphatic rings. The molecule has 1 aliphatic carbocycles. The predicted octanol–water partition coefficient (Wildman–Crippen LogP) is 2.16. The van der Waals surface area contributed by atoms with Gasteiger partial charge in [0.2, 0.25) is 0 Å². The molecule has 18 heavy (non-hydrogen) atoms. The molecule has 2 rings (SSSR count). The molecule has 0 radical (unpaired) electrons. The topological polar surface area (TPSA) is 38.7 Å². The third-order valence-corrected chi connectivity index (χ3v) is 3.26. The van der Waals surface area contributed by atoms with Gasteiger partial charge >= 0.3 is 0 Å². The number of benzene rings is 1. The lowest BCUT2D eigenvalue weighted by Crippen LogP contribution is -2.38. The van der Waals surface area contributed by atoms with Crippen LogP contribution in [-0.4, -0.2) is 31.0 Å². The van der Waals surface area contributed by atoms with Crippen molar-refractivity contribution < 1.29 is 14.6 Å². The SMILES string of the molecule is CO[C@H]1[C@H](O)CC=C[C@@H]1COCc1ccccc1. The minimum absolute atomic E-state index is 0.127. The van der Waals surface area contributed by atoms with Crippen LogP contribution >= 0.6 is 0 Å². The van der Waals surface area contributed by atoms with E-state index in [1.54, 1.807) is 7.11 Å². The molecule has 0 aromatic heterocycles. The first kappa shape index (κ1) is 13.3. The van der Waals surface area contributed by atoms with E-state index in [0.29, 0.717) is 19.6 Å². The average Bonchev–Trinajstić information content (AvgIpc) is 2.40. The standard InChI is InChI=1S/C15H20O3/c1-17-15-13(8-5-9-14(15)16)11-18-10-12-6-3-2-4-7-12/h2-8,13-16H,9-11H2,1H3/t13-,14-,15-/m1/s1. The molecule has 0 saturated heterocycles. The Kier molecular flexibility index (Phi) is 4.93. The summed E-state index contributed by atoms with van der Waals surface area (Å²) in [6.45, 7) is 1.17. The highest BCUT2D eigenvalue weighted by atomic mass is 16.5. The molecule has 3 atom stereocenters. The number of ether oxygens (including phenoxy) is 2. The molecule has 0 spiro atoms. The summed E-state index contributed by atoms with van der Waals surface area (Å²) in [5, 5.41) is 9.82. The van der Waals surface area contributed by atoms with Gasteiger partial charge in [0, 0.05) is 13.0 Å². The molecule has 3 heteroatoms. The molecular formula is C15H20O3.